The van der Waals surface area contributed by atoms with E-state index in [1.807, 2.05) is 48.5 Å². The first-order valence-corrected chi connectivity index (χ1v) is 14.6. The third kappa shape index (κ3) is 8.42. The minimum absolute atomic E-state index is 0.134. The number of ether oxygens (including phenoxy) is 1. The van der Waals surface area contributed by atoms with Crippen LogP contribution in [0.1, 0.15) is 37.4 Å². The highest BCUT2D eigenvalue weighted by Crippen LogP contribution is 2.22. The Morgan fingerprint density at radius 2 is 1.42 bits per heavy atom. The van der Waals surface area contributed by atoms with Gasteiger partial charge in [-0.25, -0.2) is 4.79 Å². The summed E-state index contributed by atoms with van der Waals surface area (Å²) in [6.45, 7) is 1.06. The van der Waals surface area contributed by atoms with E-state index in [1.165, 1.54) is 0 Å². The maximum atomic E-state index is 13.2. The molecule has 45 heavy (non-hydrogen) atoms. The maximum absolute atomic E-state index is 13.2. The number of pyridine rings is 1. The van der Waals surface area contributed by atoms with Crippen LogP contribution in [0, 0.1) is 0 Å². The summed E-state index contributed by atoms with van der Waals surface area (Å²) in [6, 6.07) is 35.3. The Kier molecular flexibility index (Phi) is 10.3. The van der Waals surface area contributed by atoms with Crippen molar-refractivity contribution in [3.05, 3.63) is 162 Å². The predicted molar refractivity (Wildman–Crippen MR) is 172 cm³/mol. The van der Waals surface area contributed by atoms with Crippen molar-refractivity contribution in [3.8, 4) is 5.75 Å². The summed E-state index contributed by atoms with van der Waals surface area (Å²) in [7, 11) is 0. The molecule has 1 aromatic heterocycles. The van der Waals surface area contributed by atoms with Crippen molar-refractivity contribution < 1.29 is 24.2 Å². The standard InChI is InChI=1S/C37H33N3O5/c41-35(29-12-5-2-6-13-29)32-15-7-8-16-33(32)39-34(37(43)44)24-27-17-19-31(20-18-27)45-23-22-40(26-28-10-3-1-4-11-28)36(42)30-14-9-21-38-25-30/h1-21,25,34,39H,22-24,26H2,(H,43,44). The van der Waals surface area contributed by atoms with Crippen molar-refractivity contribution in [1.29, 1.82) is 0 Å². The fourth-order valence-corrected chi connectivity index (χ4v) is 4.90. The molecular formula is C37H33N3O5. The Bertz CT molecular complexity index is 1710. The average molecular weight is 600 g/mol. The van der Waals surface area contributed by atoms with Gasteiger partial charge in [0.2, 0.25) is 0 Å². The Balaban J connectivity index is 1.21. The molecule has 5 rings (SSSR count). The van der Waals surface area contributed by atoms with Crippen LogP contribution in [0.3, 0.4) is 0 Å². The highest BCUT2D eigenvalue weighted by Gasteiger charge is 2.22. The van der Waals surface area contributed by atoms with Gasteiger partial charge in [0.05, 0.1) is 12.1 Å². The number of carboxylic acids is 1. The van der Waals surface area contributed by atoms with Crippen LogP contribution in [0.4, 0.5) is 5.69 Å². The van der Waals surface area contributed by atoms with Crippen LogP contribution in [0.5, 0.6) is 5.75 Å². The Morgan fingerprint density at radius 1 is 0.756 bits per heavy atom. The number of para-hydroxylation sites is 1. The van der Waals surface area contributed by atoms with E-state index in [1.54, 1.807) is 90.1 Å². The second-order valence-corrected chi connectivity index (χ2v) is 10.4. The van der Waals surface area contributed by atoms with Gasteiger partial charge in [-0.15, -0.1) is 0 Å². The lowest BCUT2D eigenvalue weighted by atomic mass is 10.00. The molecule has 226 valence electrons. The number of anilines is 1. The van der Waals surface area contributed by atoms with Crippen LogP contribution in [-0.2, 0) is 17.8 Å². The number of hydrogen-bond acceptors (Lipinski definition) is 6. The minimum Gasteiger partial charge on any atom is -0.492 e. The average Bonchev–Trinajstić information content (AvgIpc) is 3.09. The molecule has 1 heterocycles. The summed E-state index contributed by atoms with van der Waals surface area (Å²) >= 11 is 0. The molecule has 8 nitrogen and oxygen atoms in total. The van der Waals surface area contributed by atoms with Gasteiger partial charge in [-0.1, -0.05) is 84.9 Å². The van der Waals surface area contributed by atoms with E-state index in [2.05, 4.69) is 10.3 Å². The quantitative estimate of drug-likeness (QED) is 0.148. The smallest absolute Gasteiger partial charge is 0.326 e. The van der Waals surface area contributed by atoms with E-state index in [0.29, 0.717) is 41.2 Å². The summed E-state index contributed by atoms with van der Waals surface area (Å²) in [5, 5.41) is 13.0. The normalized spacial score (nSPS) is 11.3. The van der Waals surface area contributed by atoms with Crippen LogP contribution >= 0.6 is 0 Å². The lowest BCUT2D eigenvalue weighted by Gasteiger charge is -2.23. The van der Waals surface area contributed by atoms with Gasteiger partial charge < -0.3 is 20.1 Å². The fraction of sp³-hybridized carbons (Fsp3) is 0.135. The SMILES string of the molecule is O=C(c1ccccc1)c1ccccc1NC(Cc1ccc(OCCN(Cc2ccccc2)C(=O)c2cccnc2)cc1)C(=O)O. The molecule has 0 saturated carbocycles. The highest BCUT2D eigenvalue weighted by atomic mass is 16.5. The minimum atomic E-state index is -1.03. The van der Waals surface area contributed by atoms with Crippen LogP contribution in [0.2, 0.25) is 0 Å². The number of benzene rings is 4. The molecule has 2 N–H and O–H groups in total. The van der Waals surface area contributed by atoms with E-state index < -0.39 is 12.0 Å². The number of ketones is 1. The van der Waals surface area contributed by atoms with Gasteiger partial charge in [-0.3, -0.25) is 14.6 Å². The molecule has 4 aromatic carbocycles. The molecule has 0 aliphatic carbocycles. The van der Waals surface area contributed by atoms with Gasteiger partial charge in [0.15, 0.2) is 5.78 Å². The van der Waals surface area contributed by atoms with Crippen molar-refractivity contribution in [2.24, 2.45) is 0 Å². The summed E-state index contributed by atoms with van der Waals surface area (Å²) in [5.74, 6) is -0.751. The second-order valence-electron chi connectivity index (χ2n) is 10.4. The number of carbonyl (C=O) groups is 3. The van der Waals surface area contributed by atoms with E-state index in [4.69, 9.17) is 4.74 Å². The summed E-state index contributed by atoms with van der Waals surface area (Å²) in [5.41, 5.74) is 3.69. The van der Waals surface area contributed by atoms with Crippen LogP contribution < -0.4 is 10.1 Å². The number of rotatable bonds is 14. The lowest BCUT2D eigenvalue weighted by molar-refractivity contribution is -0.137. The van der Waals surface area contributed by atoms with Crippen molar-refractivity contribution >= 4 is 23.3 Å². The molecule has 0 radical (unpaired) electrons. The molecule has 1 amide bonds. The van der Waals surface area contributed by atoms with Crippen LogP contribution in [0.15, 0.2) is 134 Å². The van der Waals surface area contributed by atoms with Gasteiger partial charge in [0.25, 0.3) is 5.91 Å². The number of nitrogens with zero attached hydrogens (tertiary/aromatic N) is 2. The molecule has 0 aliphatic heterocycles. The zero-order chi connectivity index (χ0) is 31.4. The number of aromatic nitrogens is 1. The molecular weight excluding hydrogens is 566 g/mol. The molecule has 0 saturated heterocycles. The third-order valence-corrected chi connectivity index (χ3v) is 7.24. The molecule has 0 bridgehead atoms. The first-order chi connectivity index (χ1) is 22.0. The van der Waals surface area contributed by atoms with Gasteiger partial charge in [0, 0.05) is 42.2 Å². The maximum Gasteiger partial charge on any atom is 0.326 e. The third-order valence-electron chi connectivity index (χ3n) is 7.24. The lowest BCUT2D eigenvalue weighted by Crippen LogP contribution is -2.34. The first kappa shape index (κ1) is 30.7. The van der Waals surface area contributed by atoms with Crippen LogP contribution in [0.25, 0.3) is 0 Å². The van der Waals surface area contributed by atoms with E-state index in [0.717, 1.165) is 11.1 Å². The number of hydrogen-bond donors (Lipinski definition) is 2. The molecule has 5 aromatic rings. The monoisotopic (exact) mass is 599 g/mol. The van der Waals surface area contributed by atoms with E-state index in [9.17, 15) is 19.5 Å². The van der Waals surface area contributed by atoms with Gasteiger partial charge in [0.1, 0.15) is 18.4 Å². The Labute approximate surface area is 262 Å². The number of carboxylic acid groups (broad SMARTS) is 1. The number of amides is 1. The molecule has 0 fully saturated rings. The second kappa shape index (κ2) is 15.1. The molecule has 1 unspecified atom stereocenters. The molecule has 1 atom stereocenters. The Morgan fingerprint density at radius 3 is 2.11 bits per heavy atom. The van der Waals surface area contributed by atoms with Gasteiger partial charge >= 0.3 is 5.97 Å². The molecule has 0 spiro atoms. The number of carbonyl (C=O) groups excluding carboxylic acids is 2. The summed E-state index contributed by atoms with van der Waals surface area (Å²) in [4.78, 5) is 44.3. The van der Waals surface area contributed by atoms with Crippen molar-refractivity contribution in [2.75, 3.05) is 18.5 Å². The first-order valence-electron chi connectivity index (χ1n) is 14.6. The summed E-state index contributed by atoms with van der Waals surface area (Å²) in [6.07, 6.45) is 3.37. The fourth-order valence-electron chi connectivity index (χ4n) is 4.90. The van der Waals surface area contributed by atoms with Crippen molar-refractivity contribution in [2.45, 2.75) is 19.0 Å². The van der Waals surface area contributed by atoms with E-state index in [-0.39, 0.29) is 24.7 Å². The Hall–Kier alpha value is -5.76. The zero-order valence-corrected chi connectivity index (χ0v) is 24.6. The molecule has 0 aliphatic rings. The van der Waals surface area contributed by atoms with Gasteiger partial charge in [-0.05, 0) is 47.5 Å². The van der Waals surface area contributed by atoms with Gasteiger partial charge in [-0.2, -0.15) is 0 Å². The predicted octanol–water partition coefficient (Wildman–Crippen LogP) is 6.14. The summed E-state index contributed by atoms with van der Waals surface area (Å²) < 4.78 is 5.97. The van der Waals surface area contributed by atoms with E-state index >= 15 is 0 Å². The van der Waals surface area contributed by atoms with Crippen molar-refractivity contribution in [3.63, 3.8) is 0 Å². The van der Waals surface area contributed by atoms with Crippen LogP contribution in [-0.4, -0.2) is 51.8 Å². The zero-order valence-electron chi connectivity index (χ0n) is 24.6. The molecule has 8 heteroatoms. The highest BCUT2D eigenvalue weighted by molar-refractivity contribution is 6.12. The number of nitrogens with one attached hydrogen (secondary N) is 1. The number of aliphatic carboxylic acids is 1. The topological polar surface area (TPSA) is 109 Å². The van der Waals surface area contributed by atoms with Crippen molar-refractivity contribution in [1.82, 2.24) is 9.88 Å². The largest absolute Gasteiger partial charge is 0.492 e.